The van der Waals surface area contributed by atoms with Gasteiger partial charge in [-0.2, -0.15) is 0 Å². The number of hydrogen-bond acceptors (Lipinski definition) is 3. The molecule has 3 heteroatoms. The van der Waals surface area contributed by atoms with Crippen molar-refractivity contribution in [2.24, 2.45) is 15.7 Å². The van der Waals surface area contributed by atoms with Gasteiger partial charge in [0.2, 0.25) is 0 Å². The van der Waals surface area contributed by atoms with Gasteiger partial charge in [0.1, 0.15) is 6.34 Å². The third-order valence-corrected chi connectivity index (χ3v) is 1.42. The molecule has 0 aromatic heterocycles. The molecular weight excluding hydrogens is 114 g/mol. The highest BCUT2D eigenvalue weighted by Crippen LogP contribution is 2.00. The van der Waals surface area contributed by atoms with Crippen molar-refractivity contribution in [2.45, 2.75) is 19.0 Å². The zero-order valence-corrected chi connectivity index (χ0v) is 5.41. The van der Waals surface area contributed by atoms with Gasteiger partial charge >= 0.3 is 0 Å². The van der Waals surface area contributed by atoms with Crippen LogP contribution in [0.3, 0.4) is 0 Å². The van der Waals surface area contributed by atoms with Gasteiger partial charge in [0.25, 0.3) is 0 Å². The summed E-state index contributed by atoms with van der Waals surface area (Å²) >= 11 is 0. The number of aliphatic imine (C=N–C) groups is 2. The molecule has 1 rings (SSSR count). The maximum absolute atomic E-state index is 5.61. The van der Waals surface area contributed by atoms with Crippen molar-refractivity contribution >= 4 is 12.1 Å². The predicted octanol–water partition coefficient (Wildman–Crippen LogP) is 0.0192. The van der Waals surface area contributed by atoms with E-state index in [1.807, 2.05) is 6.92 Å². The molecule has 2 N–H and O–H groups in total. The fourth-order valence-corrected chi connectivity index (χ4v) is 0.667. The normalized spacial score (nSPS) is 34.3. The van der Waals surface area contributed by atoms with E-state index in [9.17, 15) is 0 Å². The molecule has 0 spiro atoms. The molecule has 1 heterocycles. The minimum atomic E-state index is -0.0880. The maximum atomic E-state index is 5.61. The van der Waals surface area contributed by atoms with Gasteiger partial charge in [-0.1, -0.05) is 0 Å². The summed E-state index contributed by atoms with van der Waals surface area (Å²) in [4.78, 5) is 7.83. The minimum Gasteiger partial charge on any atom is -0.321 e. The topological polar surface area (TPSA) is 50.7 Å². The van der Waals surface area contributed by atoms with Gasteiger partial charge in [-0.25, -0.2) is 4.99 Å². The van der Waals surface area contributed by atoms with Crippen LogP contribution in [0, 0.1) is 6.92 Å². The lowest BCUT2D eigenvalue weighted by Crippen LogP contribution is -2.40. The quantitative estimate of drug-likeness (QED) is 0.486. The summed E-state index contributed by atoms with van der Waals surface area (Å²) in [6.45, 7) is 5.61. The Bertz CT molecular complexity index is 160. The third kappa shape index (κ3) is 1.16. The summed E-state index contributed by atoms with van der Waals surface area (Å²) < 4.78 is 0. The smallest absolute Gasteiger partial charge is 0.110 e. The molecule has 0 aromatic carbocycles. The molecule has 0 bridgehead atoms. The standard InChI is InChI=1S/C6H10N3/c1-4-6(7)5(2)9-3-8-4/h3-4,6H,1,7H2,2H3. The molecule has 3 nitrogen and oxygen atoms in total. The van der Waals surface area contributed by atoms with Gasteiger partial charge in [-0.3, -0.25) is 4.99 Å². The maximum Gasteiger partial charge on any atom is 0.110 e. The molecule has 1 radical (unpaired) electrons. The largest absolute Gasteiger partial charge is 0.321 e. The summed E-state index contributed by atoms with van der Waals surface area (Å²) in [5.74, 6) is 0. The Kier molecular flexibility index (Phi) is 1.62. The first kappa shape index (κ1) is 6.42. The Hall–Kier alpha value is -0.700. The SMILES string of the molecule is [CH2]C1N=CN=C(C)C1N. The van der Waals surface area contributed by atoms with Gasteiger partial charge < -0.3 is 5.73 Å². The van der Waals surface area contributed by atoms with Gasteiger partial charge in [-0.05, 0) is 13.8 Å². The Morgan fingerprint density at radius 2 is 2.44 bits per heavy atom. The number of nitrogens with zero attached hydrogens (tertiary/aromatic N) is 2. The summed E-state index contributed by atoms with van der Waals surface area (Å²) in [5.41, 5.74) is 6.52. The highest BCUT2D eigenvalue weighted by molar-refractivity contribution is 5.95. The third-order valence-electron chi connectivity index (χ3n) is 1.42. The van der Waals surface area contributed by atoms with Crippen LogP contribution in [0.1, 0.15) is 6.92 Å². The van der Waals surface area contributed by atoms with Crippen molar-refractivity contribution in [2.75, 3.05) is 0 Å². The van der Waals surface area contributed by atoms with E-state index in [1.165, 1.54) is 6.34 Å². The average Bonchev–Trinajstić information content (AvgIpc) is 1.83. The van der Waals surface area contributed by atoms with Crippen LogP contribution in [0.4, 0.5) is 0 Å². The zero-order chi connectivity index (χ0) is 6.85. The van der Waals surface area contributed by atoms with E-state index in [4.69, 9.17) is 5.73 Å². The average molecular weight is 124 g/mol. The van der Waals surface area contributed by atoms with E-state index in [-0.39, 0.29) is 12.1 Å². The first-order valence-electron chi connectivity index (χ1n) is 2.86. The van der Waals surface area contributed by atoms with E-state index in [0.717, 1.165) is 5.71 Å². The Balaban J connectivity index is 2.73. The molecule has 1 aliphatic heterocycles. The van der Waals surface area contributed by atoms with Crippen molar-refractivity contribution in [3.8, 4) is 0 Å². The second kappa shape index (κ2) is 2.27. The van der Waals surface area contributed by atoms with Crippen LogP contribution in [0.15, 0.2) is 9.98 Å². The molecule has 0 aliphatic carbocycles. The van der Waals surface area contributed by atoms with Crippen LogP contribution in [0.25, 0.3) is 0 Å². The molecule has 2 atom stereocenters. The van der Waals surface area contributed by atoms with Gasteiger partial charge in [0.15, 0.2) is 0 Å². The van der Waals surface area contributed by atoms with E-state index in [0.29, 0.717) is 0 Å². The summed E-state index contributed by atoms with van der Waals surface area (Å²) in [7, 11) is 0. The molecule has 9 heavy (non-hydrogen) atoms. The lowest BCUT2D eigenvalue weighted by Gasteiger charge is -2.17. The highest BCUT2D eigenvalue weighted by Gasteiger charge is 2.15. The number of hydrogen-bond donors (Lipinski definition) is 1. The molecule has 49 valence electrons. The summed E-state index contributed by atoms with van der Waals surface area (Å²) in [6, 6.07) is -0.141. The van der Waals surface area contributed by atoms with Crippen LogP contribution in [0.5, 0.6) is 0 Å². The van der Waals surface area contributed by atoms with Gasteiger partial charge in [-0.15, -0.1) is 0 Å². The predicted molar refractivity (Wildman–Crippen MR) is 38.7 cm³/mol. The molecule has 0 fully saturated rings. The second-order valence-corrected chi connectivity index (χ2v) is 2.13. The summed E-state index contributed by atoms with van der Waals surface area (Å²) in [5, 5.41) is 0. The fraction of sp³-hybridized carbons (Fsp3) is 0.500. The monoisotopic (exact) mass is 124 g/mol. The number of nitrogens with two attached hydrogens (primary N) is 1. The van der Waals surface area contributed by atoms with Crippen LogP contribution in [-0.2, 0) is 0 Å². The lowest BCUT2D eigenvalue weighted by atomic mass is 10.1. The Labute approximate surface area is 54.7 Å². The molecule has 2 unspecified atom stereocenters. The molecule has 0 saturated carbocycles. The van der Waals surface area contributed by atoms with E-state index in [1.54, 1.807) is 0 Å². The van der Waals surface area contributed by atoms with Crippen molar-refractivity contribution in [1.82, 2.24) is 0 Å². The van der Waals surface area contributed by atoms with Crippen molar-refractivity contribution in [3.05, 3.63) is 6.92 Å². The van der Waals surface area contributed by atoms with E-state index >= 15 is 0 Å². The fourth-order valence-electron chi connectivity index (χ4n) is 0.667. The molecule has 0 amide bonds. The van der Waals surface area contributed by atoms with E-state index in [2.05, 4.69) is 16.9 Å². The first-order chi connectivity index (χ1) is 4.22. The van der Waals surface area contributed by atoms with Crippen LogP contribution >= 0.6 is 0 Å². The molecule has 0 aromatic rings. The van der Waals surface area contributed by atoms with Crippen LogP contribution in [-0.4, -0.2) is 24.1 Å². The first-order valence-corrected chi connectivity index (χ1v) is 2.86. The van der Waals surface area contributed by atoms with E-state index < -0.39 is 0 Å². The Morgan fingerprint density at radius 1 is 1.78 bits per heavy atom. The highest BCUT2D eigenvalue weighted by atomic mass is 15.0. The minimum absolute atomic E-state index is 0.0532. The van der Waals surface area contributed by atoms with Crippen molar-refractivity contribution < 1.29 is 0 Å². The molecule has 0 saturated heterocycles. The Morgan fingerprint density at radius 3 is 2.89 bits per heavy atom. The number of rotatable bonds is 0. The van der Waals surface area contributed by atoms with Crippen molar-refractivity contribution in [1.29, 1.82) is 0 Å². The van der Waals surface area contributed by atoms with Gasteiger partial charge in [0, 0.05) is 5.71 Å². The van der Waals surface area contributed by atoms with Crippen LogP contribution < -0.4 is 5.73 Å². The summed E-state index contributed by atoms with van der Waals surface area (Å²) in [6.07, 6.45) is 1.51. The zero-order valence-electron chi connectivity index (χ0n) is 5.41. The second-order valence-electron chi connectivity index (χ2n) is 2.13. The lowest BCUT2D eigenvalue weighted by molar-refractivity contribution is 0.725. The molecular formula is C6H10N3. The van der Waals surface area contributed by atoms with Gasteiger partial charge in [0.05, 0.1) is 12.1 Å². The molecule has 1 aliphatic rings. The van der Waals surface area contributed by atoms with Crippen LogP contribution in [0.2, 0.25) is 0 Å². The van der Waals surface area contributed by atoms with Crippen molar-refractivity contribution in [3.63, 3.8) is 0 Å².